The minimum atomic E-state index is -3.28. The van der Waals surface area contributed by atoms with Crippen LogP contribution in [0.5, 0.6) is 0 Å². The van der Waals surface area contributed by atoms with Gasteiger partial charge in [-0.2, -0.15) is 0 Å². The highest BCUT2D eigenvalue weighted by atomic mass is 32.2. The van der Waals surface area contributed by atoms with E-state index in [9.17, 15) is 8.42 Å². The maximum absolute atomic E-state index is 12.1. The van der Waals surface area contributed by atoms with Crippen LogP contribution in [0, 0.1) is 0 Å². The number of nitrogens with zero attached hydrogens (tertiary/aromatic N) is 1. The Morgan fingerprint density at radius 3 is 2.38 bits per heavy atom. The van der Waals surface area contributed by atoms with Gasteiger partial charge < -0.3 is 5.32 Å². The van der Waals surface area contributed by atoms with Crippen molar-refractivity contribution >= 4 is 15.7 Å². The van der Waals surface area contributed by atoms with E-state index in [-0.39, 0.29) is 0 Å². The molecule has 1 rings (SSSR count). The maximum Gasteiger partial charge on any atom is 0.238 e. The van der Waals surface area contributed by atoms with Gasteiger partial charge >= 0.3 is 0 Å². The van der Waals surface area contributed by atoms with Gasteiger partial charge in [-0.1, -0.05) is 18.2 Å². The molecule has 0 heterocycles. The van der Waals surface area contributed by atoms with E-state index in [1.165, 1.54) is 4.31 Å². The summed E-state index contributed by atoms with van der Waals surface area (Å²) in [6.45, 7) is 2.14. The van der Waals surface area contributed by atoms with Crippen molar-refractivity contribution in [2.75, 3.05) is 24.9 Å². The van der Waals surface area contributed by atoms with Crippen LogP contribution in [0.25, 0.3) is 0 Å². The number of nitrogens with one attached hydrogen (secondary N) is 1. The molecule has 0 bridgehead atoms. The summed E-state index contributed by atoms with van der Waals surface area (Å²) in [6.07, 6.45) is 0. The summed E-state index contributed by atoms with van der Waals surface area (Å²) >= 11 is 0. The number of para-hydroxylation sites is 1. The third kappa shape index (κ3) is 2.74. The van der Waals surface area contributed by atoms with E-state index in [2.05, 4.69) is 5.32 Å². The standard InChI is InChI=1S/C11H18N2O2S/c1-10(9-12-2)16(14,15)13(3)11-7-5-4-6-8-11/h4-8,10,12H,9H2,1-3H3. The largest absolute Gasteiger partial charge is 0.318 e. The summed E-state index contributed by atoms with van der Waals surface area (Å²) in [4.78, 5) is 0. The molecule has 0 amide bonds. The molecule has 0 spiro atoms. The zero-order chi connectivity index (χ0) is 12.2. The van der Waals surface area contributed by atoms with Crippen LogP contribution in [0.1, 0.15) is 6.92 Å². The lowest BCUT2D eigenvalue weighted by Gasteiger charge is -2.23. The molecular formula is C11H18N2O2S. The molecule has 0 fully saturated rings. The molecule has 0 radical (unpaired) electrons. The molecule has 0 saturated carbocycles. The van der Waals surface area contributed by atoms with Crippen molar-refractivity contribution in [1.82, 2.24) is 5.32 Å². The second-order valence-corrected chi connectivity index (χ2v) is 6.10. The van der Waals surface area contributed by atoms with Crippen LogP contribution in [0.4, 0.5) is 5.69 Å². The first-order valence-corrected chi connectivity index (χ1v) is 6.68. The Hall–Kier alpha value is -1.07. The molecule has 0 saturated heterocycles. The molecule has 1 atom stereocenters. The Labute approximate surface area is 97.3 Å². The minimum Gasteiger partial charge on any atom is -0.318 e. The summed E-state index contributed by atoms with van der Waals surface area (Å²) in [6, 6.07) is 9.07. The molecule has 90 valence electrons. The lowest BCUT2D eigenvalue weighted by molar-refractivity contribution is 0.576. The molecule has 1 aromatic rings. The molecule has 1 aromatic carbocycles. The van der Waals surface area contributed by atoms with Crippen LogP contribution in [0.3, 0.4) is 0 Å². The van der Waals surface area contributed by atoms with Gasteiger partial charge in [0.2, 0.25) is 10.0 Å². The number of benzene rings is 1. The third-order valence-corrected chi connectivity index (χ3v) is 4.66. The number of anilines is 1. The Morgan fingerprint density at radius 1 is 1.31 bits per heavy atom. The van der Waals surface area contributed by atoms with Crippen LogP contribution < -0.4 is 9.62 Å². The van der Waals surface area contributed by atoms with Crippen LogP contribution in [0.2, 0.25) is 0 Å². The quantitative estimate of drug-likeness (QED) is 0.840. The fourth-order valence-corrected chi connectivity index (χ4v) is 2.78. The first-order valence-electron chi connectivity index (χ1n) is 5.17. The summed E-state index contributed by atoms with van der Waals surface area (Å²) in [7, 11) is 0.0414. The van der Waals surface area contributed by atoms with Crippen molar-refractivity contribution in [2.24, 2.45) is 0 Å². The molecule has 4 nitrogen and oxygen atoms in total. The van der Waals surface area contributed by atoms with Crippen LogP contribution >= 0.6 is 0 Å². The topological polar surface area (TPSA) is 49.4 Å². The second kappa shape index (κ2) is 5.32. The van der Waals surface area contributed by atoms with E-state index in [4.69, 9.17) is 0 Å². The minimum absolute atomic E-state index is 0.442. The Kier molecular flexibility index (Phi) is 4.32. The van der Waals surface area contributed by atoms with E-state index < -0.39 is 15.3 Å². The zero-order valence-electron chi connectivity index (χ0n) is 9.84. The van der Waals surface area contributed by atoms with Gasteiger partial charge in [-0.3, -0.25) is 4.31 Å². The maximum atomic E-state index is 12.1. The van der Waals surface area contributed by atoms with Gasteiger partial charge in [-0.15, -0.1) is 0 Å². The average Bonchev–Trinajstić information content (AvgIpc) is 2.29. The van der Waals surface area contributed by atoms with Crippen molar-refractivity contribution < 1.29 is 8.42 Å². The van der Waals surface area contributed by atoms with Gasteiger partial charge in [0.15, 0.2) is 0 Å². The first-order chi connectivity index (χ1) is 7.50. The molecule has 16 heavy (non-hydrogen) atoms. The molecule has 1 N–H and O–H groups in total. The van der Waals surface area contributed by atoms with E-state index in [1.54, 1.807) is 33.2 Å². The molecule has 0 aliphatic heterocycles. The summed E-state index contributed by atoms with van der Waals surface area (Å²) < 4.78 is 25.5. The van der Waals surface area contributed by atoms with E-state index in [1.807, 2.05) is 18.2 Å². The molecule has 0 aliphatic rings. The van der Waals surface area contributed by atoms with Crippen molar-refractivity contribution in [2.45, 2.75) is 12.2 Å². The highest BCUT2D eigenvalue weighted by Crippen LogP contribution is 2.17. The van der Waals surface area contributed by atoms with Gasteiger partial charge in [-0.25, -0.2) is 8.42 Å². The first kappa shape index (κ1) is 13.0. The van der Waals surface area contributed by atoms with E-state index in [0.717, 1.165) is 0 Å². The van der Waals surface area contributed by atoms with Crippen molar-refractivity contribution in [1.29, 1.82) is 0 Å². The fraction of sp³-hybridized carbons (Fsp3) is 0.455. The van der Waals surface area contributed by atoms with Crippen LogP contribution in [-0.2, 0) is 10.0 Å². The number of hydrogen-bond donors (Lipinski definition) is 1. The normalized spacial score (nSPS) is 13.4. The molecule has 5 heteroatoms. The van der Waals surface area contributed by atoms with Crippen LogP contribution in [-0.4, -0.2) is 34.3 Å². The zero-order valence-corrected chi connectivity index (χ0v) is 10.7. The monoisotopic (exact) mass is 242 g/mol. The highest BCUT2D eigenvalue weighted by Gasteiger charge is 2.25. The molecule has 0 aromatic heterocycles. The third-order valence-electron chi connectivity index (χ3n) is 2.50. The molecule has 1 unspecified atom stereocenters. The predicted molar refractivity (Wildman–Crippen MR) is 67.2 cm³/mol. The Morgan fingerprint density at radius 2 is 1.88 bits per heavy atom. The van der Waals surface area contributed by atoms with Gasteiger partial charge in [0.25, 0.3) is 0 Å². The van der Waals surface area contributed by atoms with Crippen molar-refractivity contribution in [3.8, 4) is 0 Å². The van der Waals surface area contributed by atoms with Crippen molar-refractivity contribution in [3.63, 3.8) is 0 Å². The summed E-state index contributed by atoms with van der Waals surface area (Å²) in [5, 5.41) is 2.43. The lowest BCUT2D eigenvalue weighted by atomic mass is 10.3. The highest BCUT2D eigenvalue weighted by molar-refractivity contribution is 7.93. The average molecular weight is 242 g/mol. The summed E-state index contributed by atoms with van der Waals surface area (Å²) in [5.41, 5.74) is 0.686. The van der Waals surface area contributed by atoms with Gasteiger partial charge in [0.1, 0.15) is 0 Å². The van der Waals surface area contributed by atoms with E-state index >= 15 is 0 Å². The number of rotatable bonds is 5. The van der Waals surface area contributed by atoms with Gasteiger partial charge in [0, 0.05) is 13.6 Å². The predicted octanol–water partition coefficient (Wildman–Crippen LogP) is 1.06. The second-order valence-electron chi connectivity index (χ2n) is 3.72. The number of sulfonamides is 1. The van der Waals surface area contributed by atoms with Crippen LogP contribution in [0.15, 0.2) is 30.3 Å². The van der Waals surface area contributed by atoms with Crippen molar-refractivity contribution in [3.05, 3.63) is 30.3 Å². The molecule has 0 aliphatic carbocycles. The molecular weight excluding hydrogens is 224 g/mol. The Balaban J connectivity index is 2.93. The van der Waals surface area contributed by atoms with E-state index in [0.29, 0.717) is 12.2 Å². The van der Waals surface area contributed by atoms with Gasteiger partial charge in [0.05, 0.1) is 10.9 Å². The fourth-order valence-electron chi connectivity index (χ4n) is 1.45. The summed E-state index contributed by atoms with van der Waals surface area (Å²) in [5.74, 6) is 0. The number of hydrogen-bond acceptors (Lipinski definition) is 3. The lowest BCUT2D eigenvalue weighted by Crippen LogP contribution is -2.39. The Bertz CT molecular complexity index is 417. The van der Waals surface area contributed by atoms with Gasteiger partial charge in [-0.05, 0) is 26.1 Å². The smallest absolute Gasteiger partial charge is 0.238 e. The SMILES string of the molecule is CNCC(C)S(=O)(=O)N(C)c1ccccc1.